The molecule has 0 N–H and O–H groups in total. The number of rotatable bonds is 14. The Morgan fingerprint density at radius 3 is 1.48 bits per heavy atom. The van der Waals surface area contributed by atoms with Gasteiger partial charge in [0.05, 0.1) is 7.11 Å². The van der Waals surface area contributed by atoms with Crippen molar-refractivity contribution in [2.75, 3.05) is 7.11 Å². The first-order valence-electron chi connectivity index (χ1n) is 9.91. The second-order valence-corrected chi connectivity index (χ2v) is 8.28. The molecule has 0 aromatic heterocycles. The van der Waals surface area contributed by atoms with Crippen LogP contribution in [0.4, 0.5) is 0 Å². The van der Waals surface area contributed by atoms with Crippen LogP contribution in [0, 0.1) is 23.7 Å². The SMILES string of the molecule is COC(=O)C[C@H](C)CCC[C@H](C)CCC[C@H](C)CCCC(C)C. The molecule has 0 aromatic rings. The fourth-order valence-corrected chi connectivity index (χ4v) is 3.26. The maximum Gasteiger partial charge on any atom is 0.305 e. The highest BCUT2D eigenvalue weighted by molar-refractivity contribution is 5.69. The topological polar surface area (TPSA) is 26.3 Å². The molecule has 0 aromatic carbocycles. The number of esters is 1. The molecule has 0 radical (unpaired) electrons. The van der Waals surface area contributed by atoms with Crippen molar-refractivity contribution in [3.8, 4) is 0 Å². The summed E-state index contributed by atoms with van der Waals surface area (Å²) >= 11 is 0. The Morgan fingerprint density at radius 2 is 1.09 bits per heavy atom. The summed E-state index contributed by atoms with van der Waals surface area (Å²) in [7, 11) is 1.47. The van der Waals surface area contributed by atoms with Gasteiger partial charge in [-0.1, -0.05) is 92.4 Å². The average Bonchev–Trinajstić information content (AvgIpc) is 2.46. The highest BCUT2D eigenvalue weighted by Gasteiger charge is 2.10. The van der Waals surface area contributed by atoms with Crippen LogP contribution >= 0.6 is 0 Å². The minimum Gasteiger partial charge on any atom is -0.469 e. The van der Waals surface area contributed by atoms with Gasteiger partial charge in [0, 0.05) is 6.42 Å². The Labute approximate surface area is 145 Å². The van der Waals surface area contributed by atoms with Gasteiger partial charge in [-0.2, -0.15) is 0 Å². The molecule has 0 heterocycles. The Hall–Kier alpha value is -0.530. The number of methoxy groups -OCH3 is 1. The van der Waals surface area contributed by atoms with Crippen molar-refractivity contribution >= 4 is 5.97 Å². The van der Waals surface area contributed by atoms with Crippen molar-refractivity contribution in [1.82, 2.24) is 0 Å². The molecule has 0 aliphatic heterocycles. The maximum absolute atomic E-state index is 11.2. The van der Waals surface area contributed by atoms with Gasteiger partial charge in [-0.05, 0) is 23.7 Å². The molecule has 0 unspecified atom stereocenters. The fraction of sp³-hybridized carbons (Fsp3) is 0.952. The van der Waals surface area contributed by atoms with Crippen LogP contribution in [0.2, 0.25) is 0 Å². The summed E-state index contributed by atoms with van der Waals surface area (Å²) in [5.41, 5.74) is 0. The number of hydrogen-bond donors (Lipinski definition) is 0. The minimum atomic E-state index is -0.0722. The van der Waals surface area contributed by atoms with Gasteiger partial charge in [-0.25, -0.2) is 0 Å². The Morgan fingerprint density at radius 1 is 0.696 bits per heavy atom. The summed E-state index contributed by atoms with van der Waals surface area (Å²) in [6.07, 6.45) is 12.6. The van der Waals surface area contributed by atoms with Crippen LogP contribution < -0.4 is 0 Å². The summed E-state index contributed by atoms with van der Waals surface area (Å²) in [4.78, 5) is 11.2. The Kier molecular flexibility index (Phi) is 13.5. The van der Waals surface area contributed by atoms with Crippen LogP contribution in [0.15, 0.2) is 0 Å². The maximum atomic E-state index is 11.2. The van der Waals surface area contributed by atoms with Crippen LogP contribution in [0.25, 0.3) is 0 Å². The predicted octanol–water partition coefficient (Wildman–Crippen LogP) is 6.62. The van der Waals surface area contributed by atoms with E-state index in [2.05, 4.69) is 34.6 Å². The van der Waals surface area contributed by atoms with Crippen LogP contribution in [-0.4, -0.2) is 13.1 Å². The van der Waals surface area contributed by atoms with Crippen molar-refractivity contribution in [3.63, 3.8) is 0 Å². The van der Waals surface area contributed by atoms with E-state index in [-0.39, 0.29) is 5.97 Å². The van der Waals surface area contributed by atoms with Gasteiger partial charge in [0.15, 0.2) is 0 Å². The van der Waals surface area contributed by atoms with Crippen molar-refractivity contribution in [1.29, 1.82) is 0 Å². The molecule has 0 aliphatic carbocycles. The van der Waals surface area contributed by atoms with Gasteiger partial charge in [-0.15, -0.1) is 0 Å². The zero-order valence-corrected chi connectivity index (χ0v) is 16.7. The molecule has 0 amide bonds. The smallest absolute Gasteiger partial charge is 0.305 e. The minimum absolute atomic E-state index is 0.0722. The van der Waals surface area contributed by atoms with Crippen molar-refractivity contribution in [3.05, 3.63) is 0 Å². The summed E-state index contributed by atoms with van der Waals surface area (Å²) in [6.45, 7) is 11.6. The molecule has 0 rings (SSSR count). The quantitative estimate of drug-likeness (QED) is 0.335. The van der Waals surface area contributed by atoms with Crippen LogP contribution in [0.5, 0.6) is 0 Å². The van der Waals surface area contributed by atoms with Crippen molar-refractivity contribution in [2.45, 2.75) is 98.8 Å². The van der Waals surface area contributed by atoms with E-state index in [0.29, 0.717) is 12.3 Å². The Bertz CT molecular complexity index is 286. The molecule has 23 heavy (non-hydrogen) atoms. The third kappa shape index (κ3) is 14.8. The van der Waals surface area contributed by atoms with E-state index in [1.54, 1.807) is 0 Å². The second kappa shape index (κ2) is 13.9. The van der Waals surface area contributed by atoms with Gasteiger partial charge in [-0.3, -0.25) is 4.79 Å². The normalized spacial score (nSPS) is 15.4. The first-order valence-corrected chi connectivity index (χ1v) is 9.91. The molecule has 0 spiro atoms. The first-order chi connectivity index (χ1) is 10.8. The predicted molar refractivity (Wildman–Crippen MR) is 101 cm³/mol. The van der Waals surface area contributed by atoms with Crippen LogP contribution in [0.3, 0.4) is 0 Å². The van der Waals surface area contributed by atoms with E-state index in [1.807, 2.05) is 0 Å². The molecule has 0 saturated heterocycles. The first kappa shape index (κ1) is 22.5. The number of carbonyl (C=O) groups excluding carboxylic acids is 1. The fourth-order valence-electron chi connectivity index (χ4n) is 3.26. The molecule has 138 valence electrons. The summed E-state index contributed by atoms with van der Waals surface area (Å²) in [5.74, 6) is 2.95. The molecule has 0 bridgehead atoms. The molecular formula is C21H42O2. The third-order valence-electron chi connectivity index (χ3n) is 5.01. The van der Waals surface area contributed by atoms with E-state index >= 15 is 0 Å². The number of hydrogen-bond acceptors (Lipinski definition) is 2. The van der Waals surface area contributed by atoms with E-state index in [9.17, 15) is 4.79 Å². The lowest BCUT2D eigenvalue weighted by atomic mass is 9.91. The largest absolute Gasteiger partial charge is 0.469 e. The zero-order valence-electron chi connectivity index (χ0n) is 16.7. The molecule has 3 atom stereocenters. The highest BCUT2D eigenvalue weighted by atomic mass is 16.5. The standard InChI is InChI=1S/C21H42O2/c1-17(2)10-7-11-18(3)12-8-13-19(4)14-9-15-20(5)16-21(22)23-6/h17-20H,7-16H2,1-6H3/t18-,19-,20-/m1/s1. The van der Waals surface area contributed by atoms with Gasteiger partial charge < -0.3 is 4.74 Å². The van der Waals surface area contributed by atoms with E-state index < -0.39 is 0 Å². The average molecular weight is 327 g/mol. The zero-order chi connectivity index (χ0) is 17.7. The molecule has 2 heteroatoms. The van der Waals surface area contributed by atoms with Crippen LogP contribution in [0.1, 0.15) is 98.8 Å². The van der Waals surface area contributed by atoms with Gasteiger partial charge in [0.1, 0.15) is 0 Å². The van der Waals surface area contributed by atoms with Crippen LogP contribution in [-0.2, 0) is 9.53 Å². The van der Waals surface area contributed by atoms with Gasteiger partial charge >= 0.3 is 5.97 Å². The highest BCUT2D eigenvalue weighted by Crippen LogP contribution is 2.22. The molecule has 0 aliphatic rings. The Balaban J connectivity index is 3.56. The number of ether oxygens (including phenoxy) is 1. The summed E-state index contributed by atoms with van der Waals surface area (Å²) in [6, 6.07) is 0. The molecular weight excluding hydrogens is 284 g/mol. The van der Waals surface area contributed by atoms with Gasteiger partial charge in [0.2, 0.25) is 0 Å². The molecule has 0 saturated carbocycles. The van der Waals surface area contributed by atoms with Crippen molar-refractivity contribution < 1.29 is 9.53 Å². The lowest BCUT2D eigenvalue weighted by Gasteiger charge is -2.16. The second-order valence-electron chi connectivity index (χ2n) is 8.28. The van der Waals surface area contributed by atoms with Gasteiger partial charge in [0.25, 0.3) is 0 Å². The molecule has 2 nitrogen and oxygen atoms in total. The summed E-state index contributed by atoms with van der Waals surface area (Å²) in [5, 5.41) is 0. The monoisotopic (exact) mass is 326 g/mol. The lowest BCUT2D eigenvalue weighted by Crippen LogP contribution is -2.07. The molecule has 0 fully saturated rings. The van der Waals surface area contributed by atoms with Crippen molar-refractivity contribution in [2.24, 2.45) is 23.7 Å². The lowest BCUT2D eigenvalue weighted by molar-refractivity contribution is -0.141. The van der Waals surface area contributed by atoms with E-state index in [4.69, 9.17) is 4.74 Å². The summed E-state index contributed by atoms with van der Waals surface area (Å²) < 4.78 is 4.73. The number of carbonyl (C=O) groups is 1. The van der Waals surface area contributed by atoms with E-state index in [1.165, 1.54) is 58.5 Å². The van der Waals surface area contributed by atoms with E-state index in [0.717, 1.165) is 24.2 Å². The third-order valence-corrected chi connectivity index (χ3v) is 5.01.